The molecule has 174 valence electrons. The zero-order valence-corrected chi connectivity index (χ0v) is 19.3. The second-order valence-electron chi connectivity index (χ2n) is 8.40. The monoisotopic (exact) mass is 444 g/mol. The molecule has 0 bridgehead atoms. The van der Waals surface area contributed by atoms with E-state index in [1.54, 1.807) is 43.5 Å². The predicted molar refractivity (Wildman–Crippen MR) is 120 cm³/mol. The summed E-state index contributed by atoms with van der Waals surface area (Å²) >= 11 is 0. The summed E-state index contributed by atoms with van der Waals surface area (Å²) in [7, 11) is 3.42. The zero-order valence-electron chi connectivity index (χ0n) is 19.3. The van der Waals surface area contributed by atoms with E-state index in [1.807, 2.05) is 0 Å². The van der Waals surface area contributed by atoms with Crippen molar-refractivity contribution < 1.29 is 23.5 Å². The number of hydrogen-bond donors (Lipinski definition) is 1. The van der Waals surface area contributed by atoms with Crippen LogP contribution in [-0.4, -0.2) is 72.6 Å². The highest BCUT2D eigenvalue weighted by molar-refractivity contribution is 5.99. The topological polar surface area (TPSA) is 97.1 Å². The summed E-state index contributed by atoms with van der Waals surface area (Å²) in [6, 6.07) is 5.16. The maximum atomic E-state index is 13.3. The highest BCUT2D eigenvalue weighted by Crippen LogP contribution is 2.26. The molecule has 1 N–H and O–H groups in total. The highest BCUT2D eigenvalue weighted by Gasteiger charge is 2.28. The van der Waals surface area contributed by atoms with Crippen molar-refractivity contribution in [3.05, 3.63) is 42.1 Å². The number of carbonyl (C=O) groups is 2. The van der Waals surface area contributed by atoms with E-state index in [1.165, 1.54) is 13.3 Å². The van der Waals surface area contributed by atoms with Gasteiger partial charge in [-0.2, -0.15) is 0 Å². The Labute approximate surface area is 188 Å². The molecule has 9 heteroatoms. The number of amides is 2. The number of benzene rings is 1. The van der Waals surface area contributed by atoms with Crippen molar-refractivity contribution in [1.82, 2.24) is 14.8 Å². The second kappa shape index (κ2) is 10.6. The Morgan fingerprint density at radius 3 is 2.75 bits per heavy atom. The molecule has 1 aliphatic rings. The number of methoxy groups -OCH3 is 1. The maximum Gasteiger partial charge on any atom is 0.257 e. The molecular formula is C23H32N4O5. The van der Waals surface area contributed by atoms with Crippen LogP contribution in [0.3, 0.4) is 0 Å². The average Bonchev–Trinajstić information content (AvgIpc) is 3.27. The third kappa shape index (κ3) is 5.86. The summed E-state index contributed by atoms with van der Waals surface area (Å²) in [4.78, 5) is 32.9. The first-order chi connectivity index (χ1) is 15.3. The van der Waals surface area contributed by atoms with Crippen molar-refractivity contribution in [2.75, 3.05) is 39.2 Å². The van der Waals surface area contributed by atoms with Crippen molar-refractivity contribution in [3.63, 3.8) is 0 Å². The smallest absolute Gasteiger partial charge is 0.257 e. The molecule has 0 radical (unpaired) electrons. The first kappa shape index (κ1) is 23.7. The number of ether oxygens (including phenoxy) is 2. The van der Waals surface area contributed by atoms with E-state index >= 15 is 0 Å². The lowest BCUT2D eigenvalue weighted by Gasteiger charge is -2.35. The number of anilines is 1. The molecule has 1 aromatic heterocycles. The predicted octanol–water partition coefficient (Wildman–Crippen LogP) is 2.64. The molecule has 1 aliphatic heterocycles. The molecule has 2 heterocycles. The molecule has 32 heavy (non-hydrogen) atoms. The van der Waals surface area contributed by atoms with E-state index in [0.717, 1.165) is 12.2 Å². The molecule has 2 aromatic rings. The van der Waals surface area contributed by atoms with Crippen LogP contribution in [0.5, 0.6) is 5.75 Å². The van der Waals surface area contributed by atoms with Crippen molar-refractivity contribution in [1.29, 1.82) is 0 Å². The van der Waals surface area contributed by atoms with Crippen molar-refractivity contribution >= 4 is 17.5 Å². The summed E-state index contributed by atoms with van der Waals surface area (Å²) in [5, 5.41) is 2.73. The fourth-order valence-corrected chi connectivity index (χ4v) is 3.88. The summed E-state index contributed by atoms with van der Waals surface area (Å²) in [5.74, 6) is 0.236. The van der Waals surface area contributed by atoms with E-state index in [4.69, 9.17) is 13.9 Å². The number of fused-ring (bicyclic) bond motifs is 1. The lowest BCUT2D eigenvalue weighted by Crippen LogP contribution is -2.46. The van der Waals surface area contributed by atoms with Gasteiger partial charge >= 0.3 is 0 Å². The van der Waals surface area contributed by atoms with E-state index in [-0.39, 0.29) is 29.9 Å². The van der Waals surface area contributed by atoms with Crippen molar-refractivity contribution in [2.24, 2.45) is 5.92 Å². The number of nitrogens with zero attached hydrogens (tertiary/aromatic N) is 3. The van der Waals surface area contributed by atoms with Crippen LogP contribution in [0.25, 0.3) is 0 Å². The Bertz CT molecular complexity index is 917. The Kier molecular flexibility index (Phi) is 7.87. The van der Waals surface area contributed by atoms with Crippen LogP contribution in [0.1, 0.15) is 36.8 Å². The average molecular weight is 445 g/mol. The van der Waals surface area contributed by atoms with Gasteiger partial charge in [-0.15, -0.1) is 0 Å². The van der Waals surface area contributed by atoms with Gasteiger partial charge in [0.25, 0.3) is 5.91 Å². The first-order valence-corrected chi connectivity index (χ1v) is 10.7. The molecule has 0 spiro atoms. The third-order valence-corrected chi connectivity index (χ3v) is 5.74. The van der Waals surface area contributed by atoms with E-state index < -0.39 is 0 Å². The third-order valence-electron chi connectivity index (χ3n) is 5.74. The number of rotatable bonds is 4. The standard InChI is InChI=1S/C23H32N4O5/c1-15-9-27(10-19-13-31-14-24-19)16(2)12-32-21-7-6-18(25-17(3)28)8-20(21)23(29)26(4)11-22(15)30-5/h6-8,13-16,22H,9-12H2,1-5H3,(H,25,28)/t15-,16-,22-/m1/s1. The summed E-state index contributed by atoms with van der Waals surface area (Å²) in [6.07, 6.45) is 2.92. The fourth-order valence-electron chi connectivity index (χ4n) is 3.88. The highest BCUT2D eigenvalue weighted by atomic mass is 16.5. The van der Waals surface area contributed by atoms with Crippen LogP contribution < -0.4 is 10.1 Å². The van der Waals surface area contributed by atoms with Gasteiger partial charge in [0.1, 0.15) is 18.6 Å². The van der Waals surface area contributed by atoms with Gasteiger partial charge in [-0.3, -0.25) is 14.5 Å². The van der Waals surface area contributed by atoms with Gasteiger partial charge in [-0.25, -0.2) is 4.98 Å². The van der Waals surface area contributed by atoms with Crippen LogP contribution in [0.15, 0.2) is 35.3 Å². The summed E-state index contributed by atoms with van der Waals surface area (Å²) in [6.45, 7) is 7.79. The van der Waals surface area contributed by atoms with Gasteiger partial charge in [-0.05, 0) is 31.0 Å². The number of nitrogens with one attached hydrogen (secondary N) is 1. The molecule has 1 aromatic carbocycles. The van der Waals surface area contributed by atoms with Gasteiger partial charge in [-0.1, -0.05) is 6.92 Å². The van der Waals surface area contributed by atoms with Crippen LogP contribution in [0.4, 0.5) is 5.69 Å². The molecule has 0 saturated carbocycles. The molecule has 3 rings (SSSR count). The molecule has 9 nitrogen and oxygen atoms in total. The molecule has 3 atom stereocenters. The SMILES string of the molecule is CO[C@@H]1CN(C)C(=O)c2cc(NC(C)=O)ccc2OC[C@@H](C)N(Cc2cocn2)C[C@H]1C. The van der Waals surface area contributed by atoms with Gasteiger partial charge in [0.05, 0.1) is 17.4 Å². The van der Waals surface area contributed by atoms with Crippen LogP contribution in [0.2, 0.25) is 0 Å². The van der Waals surface area contributed by atoms with E-state index in [2.05, 4.69) is 29.0 Å². The minimum Gasteiger partial charge on any atom is -0.491 e. The molecule has 0 fully saturated rings. The maximum absolute atomic E-state index is 13.3. The molecule has 2 amide bonds. The summed E-state index contributed by atoms with van der Waals surface area (Å²) < 4.78 is 17.0. The number of carbonyl (C=O) groups excluding carboxylic acids is 2. The number of aromatic nitrogens is 1. The number of likely N-dealkylation sites (N-methyl/N-ethyl adjacent to an activating group) is 1. The zero-order chi connectivity index (χ0) is 23.3. The van der Waals surface area contributed by atoms with Gasteiger partial charge < -0.3 is 24.1 Å². The Morgan fingerprint density at radius 1 is 1.31 bits per heavy atom. The first-order valence-electron chi connectivity index (χ1n) is 10.7. The molecular weight excluding hydrogens is 412 g/mol. The lowest BCUT2D eigenvalue weighted by molar-refractivity contribution is -0.114. The minimum absolute atomic E-state index is 0.0433. The van der Waals surface area contributed by atoms with Crippen molar-refractivity contribution in [3.8, 4) is 5.75 Å². The second-order valence-corrected chi connectivity index (χ2v) is 8.40. The Hall–Kier alpha value is -2.91. The number of oxazole rings is 1. The Balaban J connectivity index is 1.94. The van der Waals surface area contributed by atoms with Crippen LogP contribution >= 0.6 is 0 Å². The van der Waals surface area contributed by atoms with Gasteiger partial charge in [0.15, 0.2) is 6.39 Å². The van der Waals surface area contributed by atoms with E-state index in [0.29, 0.717) is 36.7 Å². The molecule has 0 saturated heterocycles. The van der Waals surface area contributed by atoms with E-state index in [9.17, 15) is 9.59 Å². The lowest BCUT2D eigenvalue weighted by atomic mass is 10.0. The van der Waals surface area contributed by atoms with Crippen LogP contribution in [0, 0.1) is 5.92 Å². The minimum atomic E-state index is -0.204. The number of hydrogen-bond acceptors (Lipinski definition) is 7. The van der Waals surface area contributed by atoms with Crippen molar-refractivity contribution in [2.45, 2.75) is 39.5 Å². The molecule has 0 aliphatic carbocycles. The van der Waals surface area contributed by atoms with Gasteiger partial charge in [0.2, 0.25) is 5.91 Å². The van der Waals surface area contributed by atoms with Gasteiger partial charge in [0, 0.05) is 52.4 Å². The van der Waals surface area contributed by atoms with Crippen LogP contribution in [-0.2, 0) is 16.1 Å². The molecule has 0 unspecified atom stereocenters. The fraction of sp³-hybridized carbons (Fsp3) is 0.522. The normalized spacial score (nSPS) is 23.0. The Morgan fingerprint density at radius 2 is 2.09 bits per heavy atom. The quantitative estimate of drug-likeness (QED) is 0.774. The largest absolute Gasteiger partial charge is 0.491 e. The summed E-state index contributed by atoms with van der Waals surface area (Å²) in [5.41, 5.74) is 1.79.